The van der Waals surface area contributed by atoms with Gasteiger partial charge in [0.15, 0.2) is 5.96 Å². The summed E-state index contributed by atoms with van der Waals surface area (Å²) in [5.74, 6) is 1.05. The summed E-state index contributed by atoms with van der Waals surface area (Å²) in [4.78, 5) is 4.28. The largest absolute Gasteiger partial charge is 0.356 e. The van der Waals surface area contributed by atoms with Gasteiger partial charge in [0.05, 0.1) is 5.75 Å². The van der Waals surface area contributed by atoms with Gasteiger partial charge in [-0.3, -0.25) is 4.99 Å². The molecule has 130 valence electrons. The highest BCUT2D eigenvalue weighted by atomic mass is 32.2. The predicted molar refractivity (Wildman–Crippen MR) is 97.5 cm³/mol. The van der Waals surface area contributed by atoms with E-state index in [4.69, 9.17) is 0 Å². The maximum atomic E-state index is 11.3. The summed E-state index contributed by atoms with van der Waals surface area (Å²) in [6.45, 7) is 4.87. The third kappa shape index (κ3) is 7.72. The molecule has 0 bridgehead atoms. The van der Waals surface area contributed by atoms with Crippen molar-refractivity contribution >= 4 is 27.6 Å². The number of aliphatic imine (C=N–C) groups is 1. The van der Waals surface area contributed by atoms with Crippen molar-refractivity contribution in [1.29, 1.82) is 0 Å². The molecule has 0 amide bonds. The molecule has 2 N–H and O–H groups in total. The Morgan fingerprint density at radius 1 is 1.36 bits per heavy atom. The molecule has 0 aromatic rings. The Bertz CT molecular complexity index is 475. The molecule has 0 heterocycles. The number of rotatable bonds is 7. The third-order valence-corrected chi connectivity index (χ3v) is 6.21. The summed E-state index contributed by atoms with van der Waals surface area (Å²) in [6, 6.07) is 0.489. The van der Waals surface area contributed by atoms with Crippen LogP contribution < -0.4 is 10.6 Å². The summed E-state index contributed by atoms with van der Waals surface area (Å²) in [5, 5.41) is 7.58. The Balaban J connectivity index is 2.40. The highest BCUT2D eigenvalue weighted by molar-refractivity contribution is 7.99. The molecule has 1 aliphatic rings. The monoisotopic (exact) mass is 349 g/mol. The Labute approximate surface area is 140 Å². The Morgan fingerprint density at radius 3 is 2.55 bits per heavy atom. The Kier molecular flexibility index (Phi) is 7.52. The van der Waals surface area contributed by atoms with Gasteiger partial charge in [-0.1, -0.05) is 13.8 Å². The topological polar surface area (TPSA) is 70.6 Å². The van der Waals surface area contributed by atoms with Crippen LogP contribution in [0.25, 0.3) is 0 Å². The molecule has 1 fully saturated rings. The molecule has 0 aromatic heterocycles. The fourth-order valence-electron chi connectivity index (χ4n) is 2.55. The highest BCUT2D eigenvalue weighted by Gasteiger charge is 2.25. The summed E-state index contributed by atoms with van der Waals surface area (Å²) < 4.78 is 22.6. The number of nitrogens with zero attached hydrogens (tertiary/aromatic N) is 1. The maximum absolute atomic E-state index is 11.3. The van der Waals surface area contributed by atoms with Gasteiger partial charge < -0.3 is 10.6 Å². The smallest absolute Gasteiger partial charge is 0.191 e. The zero-order valence-electron chi connectivity index (χ0n) is 14.5. The zero-order valence-corrected chi connectivity index (χ0v) is 16.1. The van der Waals surface area contributed by atoms with Crippen molar-refractivity contribution in [3.05, 3.63) is 0 Å². The minimum absolute atomic E-state index is 0.0851. The van der Waals surface area contributed by atoms with E-state index in [-0.39, 0.29) is 11.2 Å². The van der Waals surface area contributed by atoms with E-state index in [2.05, 4.69) is 35.7 Å². The molecule has 1 rings (SSSR count). The van der Waals surface area contributed by atoms with Crippen molar-refractivity contribution in [2.45, 2.75) is 50.8 Å². The molecule has 22 heavy (non-hydrogen) atoms. The van der Waals surface area contributed by atoms with E-state index in [9.17, 15) is 8.42 Å². The van der Waals surface area contributed by atoms with Crippen LogP contribution in [0.4, 0.5) is 0 Å². The second-order valence-corrected chi connectivity index (χ2v) is 10.4. The van der Waals surface area contributed by atoms with E-state index in [0.717, 1.165) is 11.2 Å². The van der Waals surface area contributed by atoms with Gasteiger partial charge in [-0.15, -0.1) is 0 Å². The van der Waals surface area contributed by atoms with Gasteiger partial charge in [0.2, 0.25) is 0 Å². The molecule has 0 spiro atoms. The lowest BCUT2D eigenvalue weighted by Gasteiger charge is -2.26. The first-order valence-electron chi connectivity index (χ1n) is 7.83. The van der Waals surface area contributed by atoms with E-state index >= 15 is 0 Å². The molecular formula is C15H31N3O2S2. The maximum Gasteiger partial charge on any atom is 0.191 e. The van der Waals surface area contributed by atoms with Crippen LogP contribution >= 0.6 is 11.8 Å². The first kappa shape index (κ1) is 19.6. The molecule has 0 saturated heterocycles. The Hall–Kier alpha value is -0.430. The summed E-state index contributed by atoms with van der Waals surface area (Å²) in [5.41, 5.74) is -0.0851. The van der Waals surface area contributed by atoms with Crippen molar-refractivity contribution in [3.63, 3.8) is 0 Å². The quantitative estimate of drug-likeness (QED) is 0.543. The lowest BCUT2D eigenvalue weighted by atomic mass is 9.90. The predicted octanol–water partition coefficient (Wildman–Crippen LogP) is 1.90. The first-order valence-corrected chi connectivity index (χ1v) is 11.2. The van der Waals surface area contributed by atoms with Gasteiger partial charge in [0.25, 0.3) is 0 Å². The molecule has 0 aliphatic heterocycles. The van der Waals surface area contributed by atoms with Crippen LogP contribution in [-0.2, 0) is 9.84 Å². The molecule has 1 aliphatic carbocycles. The minimum Gasteiger partial charge on any atom is -0.356 e. The number of thioether (sulfide) groups is 1. The number of nitrogens with one attached hydrogen (secondary N) is 2. The average molecular weight is 350 g/mol. The summed E-state index contributed by atoms with van der Waals surface area (Å²) in [6.07, 6.45) is 7.73. The van der Waals surface area contributed by atoms with Gasteiger partial charge in [0, 0.05) is 31.1 Å². The van der Waals surface area contributed by atoms with Gasteiger partial charge in [-0.2, -0.15) is 11.8 Å². The van der Waals surface area contributed by atoms with Crippen molar-refractivity contribution in [3.8, 4) is 0 Å². The fraction of sp³-hybridized carbons (Fsp3) is 0.933. The molecule has 2 unspecified atom stereocenters. The summed E-state index contributed by atoms with van der Waals surface area (Å²) in [7, 11) is -1.13. The molecule has 1 saturated carbocycles. The van der Waals surface area contributed by atoms with Gasteiger partial charge in [0.1, 0.15) is 9.84 Å². The van der Waals surface area contributed by atoms with Crippen molar-refractivity contribution in [2.75, 3.05) is 31.9 Å². The molecular weight excluding hydrogens is 318 g/mol. The van der Waals surface area contributed by atoms with Crippen molar-refractivity contribution < 1.29 is 8.42 Å². The fourth-order valence-corrected chi connectivity index (χ4v) is 4.27. The zero-order chi connectivity index (χ0) is 16.8. The van der Waals surface area contributed by atoms with Crippen LogP contribution in [0.2, 0.25) is 0 Å². The first-order chi connectivity index (χ1) is 10.1. The van der Waals surface area contributed by atoms with Crippen LogP contribution in [0.15, 0.2) is 4.99 Å². The van der Waals surface area contributed by atoms with E-state index in [0.29, 0.717) is 19.0 Å². The average Bonchev–Trinajstić information content (AvgIpc) is 2.88. The highest BCUT2D eigenvalue weighted by Crippen LogP contribution is 2.28. The standard InChI is InChI=1S/C15H31N3O2S2/c1-15(2,8-9-22(5,19)20)11-17-14(16-3)18-12-6-7-13(10-12)21-4/h12-13H,6-11H2,1-5H3,(H2,16,17,18). The number of sulfone groups is 1. The number of guanidine groups is 1. The van der Waals surface area contributed by atoms with Gasteiger partial charge >= 0.3 is 0 Å². The molecule has 2 atom stereocenters. The van der Waals surface area contributed by atoms with Crippen molar-refractivity contribution in [2.24, 2.45) is 10.4 Å². The van der Waals surface area contributed by atoms with Crippen LogP contribution in [0, 0.1) is 5.41 Å². The van der Waals surface area contributed by atoms with Crippen LogP contribution in [-0.4, -0.2) is 57.5 Å². The van der Waals surface area contributed by atoms with E-state index in [1.807, 2.05) is 11.8 Å². The van der Waals surface area contributed by atoms with Gasteiger partial charge in [-0.25, -0.2) is 8.42 Å². The minimum atomic E-state index is -2.91. The third-order valence-electron chi connectivity index (χ3n) is 4.17. The second kappa shape index (κ2) is 8.43. The Morgan fingerprint density at radius 2 is 2.05 bits per heavy atom. The van der Waals surface area contributed by atoms with E-state index in [1.54, 1.807) is 7.05 Å². The molecule has 0 aromatic carbocycles. The van der Waals surface area contributed by atoms with Crippen LogP contribution in [0.1, 0.15) is 39.5 Å². The SMILES string of the molecule is CN=C(NCC(C)(C)CCS(C)(=O)=O)NC1CCC(SC)C1. The second-order valence-electron chi connectivity index (χ2n) is 6.98. The number of hydrogen-bond donors (Lipinski definition) is 2. The summed E-state index contributed by atoms with van der Waals surface area (Å²) >= 11 is 1.94. The van der Waals surface area contributed by atoms with Crippen LogP contribution in [0.3, 0.4) is 0 Å². The lowest BCUT2D eigenvalue weighted by molar-refractivity contribution is 0.348. The lowest BCUT2D eigenvalue weighted by Crippen LogP contribution is -2.45. The van der Waals surface area contributed by atoms with Crippen molar-refractivity contribution in [1.82, 2.24) is 10.6 Å². The van der Waals surface area contributed by atoms with E-state index in [1.165, 1.54) is 25.5 Å². The van der Waals surface area contributed by atoms with E-state index < -0.39 is 9.84 Å². The molecule has 5 nitrogen and oxygen atoms in total. The van der Waals surface area contributed by atoms with Gasteiger partial charge in [-0.05, 0) is 37.4 Å². The molecule has 0 radical (unpaired) electrons. The number of hydrogen-bond acceptors (Lipinski definition) is 4. The van der Waals surface area contributed by atoms with Crippen LogP contribution in [0.5, 0.6) is 0 Å². The normalized spacial score (nSPS) is 23.6. The molecule has 7 heteroatoms.